The molecule has 0 aliphatic heterocycles. The molecule has 0 saturated heterocycles. The topological polar surface area (TPSA) is 59.6 Å². The van der Waals surface area contributed by atoms with Crippen molar-refractivity contribution in [3.05, 3.63) is 24.3 Å². The molecule has 5 heteroatoms. The number of hydrogen-bond donors (Lipinski definition) is 2. The molecule has 1 saturated carbocycles. The van der Waals surface area contributed by atoms with E-state index in [1.807, 2.05) is 24.3 Å². The van der Waals surface area contributed by atoms with E-state index in [-0.39, 0.29) is 24.0 Å². The molecule has 20 heavy (non-hydrogen) atoms. The molecule has 1 aromatic carbocycles. The quantitative estimate of drug-likeness (QED) is 0.460. The van der Waals surface area contributed by atoms with Gasteiger partial charge in [-0.1, -0.05) is 25.5 Å². The maximum atomic E-state index is 5.95. The van der Waals surface area contributed by atoms with Crippen LogP contribution in [0.4, 0.5) is 5.69 Å². The molecule has 3 N–H and O–H groups in total. The molecule has 0 aromatic heterocycles. The Balaban J connectivity index is 0.00000200. The van der Waals surface area contributed by atoms with Crippen molar-refractivity contribution in [2.45, 2.75) is 32.6 Å². The SMILES string of the molecule is CCC1(CN=C(N)Nc2ccccc2OC)CCC1.I. The number of anilines is 1. The number of methoxy groups -OCH3 is 1. The van der Waals surface area contributed by atoms with Gasteiger partial charge in [0.2, 0.25) is 0 Å². The Hall–Kier alpha value is -0.980. The highest BCUT2D eigenvalue weighted by Gasteiger charge is 2.34. The number of ether oxygens (including phenoxy) is 1. The van der Waals surface area contributed by atoms with Crippen LogP contribution >= 0.6 is 24.0 Å². The summed E-state index contributed by atoms with van der Waals surface area (Å²) in [5, 5.41) is 3.11. The van der Waals surface area contributed by atoms with Crippen LogP contribution in [0.1, 0.15) is 32.6 Å². The van der Waals surface area contributed by atoms with Crippen molar-refractivity contribution < 1.29 is 4.74 Å². The second-order valence-electron chi connectivity index (χ2n) is 5.23. The standard InChI is InChI=1S/C15H23N3O.HI/c1-3-15(9-6-10-15)11-17-14(16)18-12-7-4-5-8-13(12)19-2;/h4-5,7-8H,3,6,9-11H2,1-2H3,(H3,16,17,18);1H. The van der Waals surface area contributed by atoms with Gasteiger partial charge in [0, 0.05) is 6.54 Å². The molecule has 0 bridgehead atoms. The molecule has 1 aliphatic carbocycles. The zero-order chi connectivity index (χ0) is 13.7. The number of halogens is 1. The first-order valence-electron chi connectivity index (χ1n) is 6.89. The van der Waals surface area contributed by atoms with E-state index in [9.17, 15) is 0 Å². The first-order valence-corrected chi connectivity index (χ1v) is 6.89. The summed E-state index contributed by atoms with van der Waals surface area (Å²) in [6, 6.07) is 7.70. The summed E-state index contributed by atoms with van der Waals surface area (Å²) in [6.07, 6.45) is 5.05. The van der Waals surface area contributed by atoms with E-state index < -0.39 is 0 Å². The lowest BCUT2D eigenvalue weighted by Gasteiger charge is -2.40. The smallest absolute Gasteiger partial charge is 0.193 e. The van der Waals surface area contributed by atoms with Crippen LogP contribution in [-0.2, 0) is 0 Å². The zero-order valence-corrected chi connectivity index (χ0v) is 14.5. The van der Waals surface area contributed by atoms with Crippen molar-refractivity contribution in [2.24, 2.45) is 16.1 Å². The molecule has 1 aromatic rings. The van der Waals surface area contributed by atoms with Crippen LogP contribution < -0.4 is 15.8 Å². The minimum Gasteiger partial charge on any atom is -0.495 e. The van der Waals surface area contributed by atoms with E-state index in [1.54, 1.807) is 7.11 Å². The van der Waals surface area contributed by atoms with E-state index in [1.165, 1.54) is 25.7 Å². The normalized spacial score (nSPS) is 16.8. The zero-order valence-electron chi connectivity index (χ0n) is 12.2. The lowest BCUT2D eigenvalue weighted by Crippen LogP contribution is -2.33. The van der Waals surface area contributed by atoms with Crippen LogP contribution in [-0.4, -0.2) is 19.6 Å². The molecule has 4 nitrogen and oxygen atoms in total. The summed E-state index contributed by atoms with van der Waals surface area (Å²) in [5.41, 5.74) is 7.20. The highest BCUT2D eigenvalue weighted by Crippen LogP contribution is 2.43. The fourth-order valence-electron chi connectivity index (χ4n) is 2.48. The Morgan fingerprint density at radius 1 is 1.40 bits per heavy atom. The summed E-state index contributed by atoms with van der Waals surface area (Å²) in [6.45, 7) is 3.05. The van der Waals surface area contributed by atoms with Gasteiger partial charge >= 0.3 is 0 Å². The maximum Gasteiger partial charge on any atom is 0.193 e. The molecule has 2 rings (SSSR count). The third-order valence-electron chi connectivity index (χ3n) is 4.12. The minimum absolute atomic E-state index is 0. The van der Waals surface area contributed by atoms with Crippen LogP contribution in [0.2, 0.25) is 0 Å². The van der Waals surface area contributed by atoms with Crippen LogP contribution in [0.5, 0.6) is 5.75 Å². The third-order valence-corrected chi connectivity index (χ3v) is 4.12. The van der Waals surface area contributed by atoms with Gasteiger partial charge in [0.25, 0.3) is 0 Å². The van der Waals surface area contributed by atoms with E-state index in [4.69, 9.17) is 10.5 Å². The number of nitrogens with zero attached hydrogens (tertiary/aromatic N) is 1. The molecular formula is C15H24IN3O. The van der Waals surface area contributed by atoms with Gasteiger partial charge in [-0.05, 0) is 36.8 Å². The van der Waals surface area contributed by atoms with Gasteiger partial charge in [0.05, 0.1) is 12.8 Å². The first kappa shape index (κ1) is 17.1. The fourth-order valence-corrected chi connectivity index (χ4v) is 2.48. The number of nitrogens with one attached hydrogen (secondary N) is 1. The van der Waals surface area contributed by atoms with Crippen LogP contribution in [0.25, 0.3) is 0 Å². The number of guanidine groups is 1. The van der Waals surface area contributed by atoms with Crippen molar-refractivity contribution in [2.75, 3.05) is 19.0 Å². The molecule has 0 spiro atoms. The van der Waals surface area contributed by atoms with Gasteiger partial charge in [-0.15, -0.1) is 24.0 Å². The number of hydrogen-bond acceptors (Lipinski definition) is 2. The Labute approximate surface area is 138 Å². The first-order chi connectivity index (χ1) is 9.19. The van der Waals surface area contributed by atoms with Gasteiger partial charge in [-0.3, -0.25) is 4.99 Å². The van der Waals surface area contributed by atoms with Crippen LogP contribution in [0.15, 0.2) is 29.3 Å². The summed E-state index contributed by atoms with van der Waals surface area (Å²) in [4.78, 5) is 4.49. The van der Waals surface area contributed by atoms with E-state index >= 15 is 0 Å². The molecule has 0 atom stereocenters. The number of rotatable bonds is 5. The van der Waals surface area contributed by atoms with E-state index in [2.05, 4.69) is 17.2 Å². The van der Waals surface area contributed by atoms with Gasteiger partial charge in [0.15, 0.2) is 5.96 Å². The highest BCUT2D eigenvalue weighted by molar-refractivity contribution is 14.0. The molecule has 0 unspecified atom stereocenters. The second-order valence-corrected chi connectivity index (χ2v) is 5.23. The lowest BCUT2D eigenvalue weighted by molar-refractivity contribution is 0.139. The molecule has 1 fully saturated rings. The molecule has 0 heterocycles. The van der Waals surface area contributed by atoms with Gasteiger partial charge in [-0.25, -0.2) is 0 Å². The second kappa shape index (κ2) is 7.71. The Kier molecular flexibility index (Phi) is 6.58. The van der Waals surface area contributed by atoms with Gasteiger partial charge < -0.3 is 15.8 Å². The maximum absolute atomic E-state index is 5.95. The number of para-hydroxylation sites is 2. The number of nitrogens with two attached hydrogens (primary N) is 1. The molecule has 0 radical (unpaired) electrons. The lowest BCUT2D eigenvalue weighted by atomic mass is 9.67. The summed E-state index contributed by atoms with van der Waals surface area (Å²) in [7, 11) is 1.65. The number of benzene rings is 1. The molecule has 1 aliphatic rings. The number of aliphatic imine (C=N–C) groups is 1. The van der Waals surface area contributed by atoms with Crippen molar-refractivity contribution in [3.8, 4) is 5.75 Å². The summed E-state index contributed by atoms with van der Waals surface area (Å²) < 4.78 is 5.27. The van der Waals surface area contributed by atoms with Gasteiger partial charge in [-0.2, -0.15) is 0 Å². The van der Waals surface area contributed by atoms with Crippen molar-refractivity contribution in [1.29, 1.82) is 0 Å². The summed E-state index contributed by atoms with van der Waals surface area (Å²) in [5.74, 6) is 1.23. The minimum atomic E-state index is 0. The Morgan fingerprint density at radius 3 is 2.65 bits per heavy atom. The largest absolute Gasteiger partial charge is 0.495 e. The highest BCUT2D eigenvalue weighted by atomic mass is 127. The van der Waals surface area contributed by atoms with Crippen molar-refractivity contribution >= 4 is 35.6 Å². The fraction of sp³-hybridized carbons (Fsp3) is 0.533. The average Bonchev–Trinajstić information content (AvgIpc) is 2.38. The van der Waals surface area contributed by atoms with Gasteiger partial charge in [0.1, 0.15) is 5.75 Å². The predicted octanol–water partition coefficient (Wildman–Crippen LogP) is 3.62. The van der Waals surface area contributed by atoms with Crippen LogP contribution in [0.3, 0.4) is 0 Å². The van der Waals surface area contributed by atoms with Crippen molar-refractivity contribution in [3.63, 3.8) is 0 Å². The predicted molar refractivity (Wildman–Crippen MR) is 95.1 cm³/mol. The van der Waals surface area contributed by atoms with Crippen molar-refractivity contribution in [1.82, 2.24) is 0 Å². The molecule has 112 valence electrons. The monoisotopic (exact) mass is 389 g/mol. The Bertz CT molecular complexity index is 453. The third kappa shape index (κ3) is 4.01. The molecular weight excluding hydrogens is 365 g/mol. The van der Waals surface area contributed by atoms with E-state index in [0.29, 0.717) is 11.4 Å². The molecule has 0 amide bonds. The Morgan fingerprint density at radius 2 is 2.10 bits per heavy atom. The average molecular weight is 389 g/mol. The van der Waals surface area contributed by atoms with E-state index in [0.717, 1.165) is 18.0 Å². The van der Waals surface area contributed by atoms with Crippen LogP contribution in [0, 0.1) is 5.41 Å². The summed E-state index contributed by atoms with van der Waals surface area (Å²) >= 11 is 0.